The zero-order chi connectivity index (χ0) is 12.0. The number of aromatic nitrogens is 2. The Morgan fingerprint density at radius 3 is 2.81 bits per heavy atom. The second-order valence-corrected chi connectivity index (χ2v) is 3.63. The number of hydrogen-bond acceptors (Lipinski definition) is 5. The topological polar surface area (TPSA) is 70.3 Å². The Bertz CT molecular complexity index is 311. The number of aryl methyl sites for hydroxylation is 1. The van der Waals surface area contributed by atoms with Crippen LogP contribution in [0.2, 0.25) is 0 Å². The molecule has 1 aromatic heterocycles. The van der Waals surface area contributed by atoms with Crippen molar-refractivity contribution >= 4 is 5.82 Å². The van der Waals surface area contributed by atoms with Gasteiger partial charge in [-0.15, -0.1) is 0 Å². The highest BCUT2D eigenvalue weighted by atomic mass is 16.5. The predicted molar refractivity (Wildman–Crippen MR) is 61.9 cm³/mol. The van der Waals surface area contributed by atoms with Gasteiger partial charge in [-0.25, -0.2) is 9.97 Å². The van der Waals surface area contributed by atoms with Gasteiger partial charge in [-0.3, -0.25) is 0 Å². The number of rotatable bonds is 6. The lowest BCUT2D eigenvalue weighted by Crippen LogP contribution is -2.17. The third-order valence-corrected chi connectivity index (χ3v) is 1.97. The van der Waals surface area contributed by atoms with Crippen molar-refractivity contribution in [2.24, 2.45) is 0 Å². The molecule has 5 nitrogen and oxygen atoms in total. The summed E-state index contributed by atoms with van der Waals surface area (Å²) in [6, 6.07) is 1.73. The van der Waals surface area contributed by atoms with Gasteiger partial charge in [0, 0.05) is 18.4 Å². The molecule has 1 heterocycles. The summed E-state index contributed by atoms with van der Waals surface area (Å²) >= 11 is 0. The first-order valence-electron chi connectivity index (χ1n) is 5.41. The Labute approximate surface area is 96.0 Å². The van der Waals surface area contributed by atoms with Crippen LogP contribution in [0.15, 0.2) is 6.07 Å². The van der Waals surface area contributed by atoms with Crippen molar-refractivity contribution in [3.05, 3.63) is 17.6 Å². The van der Waals surface area contributed by atoms with Crippen LogP contribution in [0.3, 0.4) is 0 Å². The molecule has 0 aliphatic carbocycles. The van der Waals surface area contributed by atoms with Crippen LogP contribution in [-0.4, -0.2) is 29.3 Å². The molecular weight excluding hydrogens is 206 g/mol. The van der Waals surface area contributed by atoms with E-state index in [0.29, 0.717) is 31.5 Å². The van der Waals surface area contributed by atoms with Gasteiger partial charge in [-0.2, -0.15) is 0 Å². The van der Waals surface area contributed by atoms with Gasteiger partial charge < -0.3 is 15.2 Å². The average Bonchev–Trinajstić information content (AvgIpc) is 2.22. The summed E-state index contributed by atoms with van der Waals surface area (Å²) in [5, 5.41) is 0. The van der Waals surface area contributed by atoms with E-state index < -0.39 is 0 Å². The van der Waals surface area contributed by atoms with Crippen molar-refractivity contribution in [2.45, 2.75) is 33.5 Å². The van der Waals surface area contributed by atoms with Crippen LogP contribution in [-0.2, 0) is 16.1 Å². The van der Waals surface area contributed by atoms with E-state index in [2.05, 4.69) is 9.97 Å². The van der Waals surface area contributed by atoms with Gasteiger partial charge in [0.2, 0.25) is 0 Å². The molecule has 1 aromatic rings. The van der Waals surface area contributed by atoms with Crippen molar-refractivity contribution in [2.75, 3.05) is 18.9 Å². The van der Waals surface area contributed by atoms with Gasteiger partial charge in [0.05, 0.1) is 12.7 Å². The largest absolute Gasteiger partial charge is 0.384 e. The molecule has 2 N–H and O–H groups in total. The first kappa shape index (κ1) is 12.9. The molecule has 1 rings (SSSR count). The van der Waals surface area contributed by atoms with Crippen molar-refractivity contribution in [3.8, 4) is 0 Å². The molecule has 0 radical (unpaired) electrons. The predicted octanol–water partition coefficient (Wildman–Crippen LogP) is 1.31. The van der Waals surface area contributed by atoms with Crippen LogP contribution in [0.1, 0.15) is 25.4 Å². The fraction of sp³-hybridized carbons (Fsp3) is 0.636. The van der Waals surface area contributed by atoms with Crippen LogP contribution in [0.25, 0.3) is 0 Å². The Balaban J connectivity index is 2.41. The van der Waals surface area contributed by atoms with Gasteiger partial charge >= 0.3 is 0 Å². The van der Waals surface area contributed by atoms with E-state index >= 15 is 0 Å². The first-order chi connectivity index (χ1) is 7.61. The zero-order valence-corrected chi connectivity index (χ0v) is 10.1. The highest BCUT2D eigenvalue weighted by molar-refractivity contribution is 5.28. The summed E-state index contributed by atoms with van der Waals surface area (Å²) in [5.41, 5.74) is 6.47. The summed E-state index contributed by atoms with van der Waals surface area (Å²) in [6.07, 6.45) is 0.0327. The van der Waals surface area contributed by atoms with E-state index in [4.69, 9.17) is 15.2 Å². The molecule has 0 spiro atoms. The van der Waals surface area contributed by atoms with Crippen LogP contribution in [0.5, 0.6) is 0 Å². The molecule has 16 heavy (non-hydrogen) atoms. The van der Waals surface area contributed by atoms with Gasteiger partial charge in [0.1, 0.15) is 12.4 Å². The van der Waals surface area contributed by atoms with E-state index in [-0.39, 0.29) is 6.10 Å². The van der Waals surface area contributed by atoms with Gasteiger partial charge in [-0.1, -0.05) is 0 Å². The summed E-state index contributed by atoms with van der Waals surface area (Å²) < 4.78 is 10.8. The van der Waals surface area contributed by atoms with Crippen LogP contribution < -0.4 is 5.73 Å². The standard InChI is InChI=1S/C11H19N3O2/c1-4-15-6-9(3)16-7-11-13-8(2)5-10(12)14-11/h5,9H,4,6-7H2,1-3H3,(H2,12,13,14). The average molecular weight is 225 g/mol. The fourth-order valence-electron chi connectivity index (χ4n) is 1.27. The van der Waals surface area contributed by atoms with Crippen molar-refractivity contribution in [1.82, 2.24) is 9.97 Å². The maximum atomic E-state index is 5.61. The van der Waals surface area contributed by atoms with Gasteiger partial charge in [0.25, 0.3) is 0 Å². The van der Waals surface area contributed by atoms with Crippen molar-refractivity contribution in [3.63, 3.8) is 0 Å². The summed E-state index contributed by atoms with van der Waals surface area (Å²) in [5.74, 6) is 1.09. The normalized spacial score (nSPS) is 12.7. The Kier molecular flexibility index (Phi) is 5.14. The number of hydrogen-bond donors (Lipinski definition) is 1. The molecule has 0 bridgehead atoms. The molecule has 0 saturated heterocycles. The number of anilines is 1. The lowest BCUT2D eigenvalue weighted by molar-refractivity contribution is -0.0139. The van der Waals surface area contributed by atoms with Crippen molar-refractivity contribution in [1.29, 1.82) is 0 Å². The number of nitrogens with zero attached hydrogens (tertiary/aromatic N) is 2. The minimum Gasteiger partial charge on any atom is -0.384 e. The molecule has 0 aliphatic rings. The molecule has 0 fully saturated rings. The summed E-state index contributed by atoms with van der Waals surface area (Å²) in [7, 11) is 0. The molecule has 1 atom stereocenters. The van der Waals surface area contributed by atoms with E-state index in [9.17, 15) is 0 Å². The Hall–Kier alpha value is -1.20. The van der Waals surface area contributed by atoms with E-state index in [0.717, 1.165) is 5.69 Å². The zero-order valence-electron chi connectivity index (χ0n) is 10.1. The highest BCUT2D eigenvalue weighted by Crippen LogP contribution is 2.04. The molecule has 0 amide bonds. The van der Waals surface area contributed by atoms with Crippen molar-refractivity contribution < 1.29 is 9.47 Å². The fourth-order valence-corrected chi connectivity index (χ4v) is 1.27. The maximum Gasteiger partial charge on any atom is 0.156 e. The molecule has 0 saturated carbocycles. The second kappa shape index (κ2) is 6.40. The smallest absolute Gasteiger partial charge is 0.156 e. The summed E-state index contributed by atoms with van der Waals surface area (Å²) in [4.78, 5) is 8.32. The Morgan fingerprint density at radius 1 is 1.44 bits per heavy atom. The van der Waals surface area contributed by atoms with E-state index in [1.165, 1.54) is 0 Å². The number of ether oxygens (including phenoxy) is 2. The van der Waals surface area contributed by atoms with E-state index in [1.54, 1.807) is 6.07 Å². The molecule has 0 aliphatic heterocycles. The molecular formula is C11H19N3O2. The van der Waals surface area contributed by atoms with Crippen LogP contribution in [0.4, 0.5) is 5.82 Å². The lowest BCUT2D eigenvalue weighted by atomic mass is 10.4. The minimum absolute atomic E-state index is 0.0327. The first-order valence-corrected chi connectivity index (χ1v) is 5.41. The quantitative estimate of drug-likeness (QED) is 0.790. The lowest BCUT2D eigenvalue weighted by Gasteiger charge is -2.12. The molecule has 0 aromatic carbocycles. The second-order valence-electron chi connectivity index (χ2n) is 3.63. The van der Waals surface area contributed by atoms with E-state index in [1.807, 2.05) is 20.8 Å². The highest BCUT2D eigenvalue weighted by Gasteiger charge is 2.05. The number of nitrogens with two attached hydrogens (primary N) is 1. The van der Waals surface area contributed by atoms with Gasteiger partial charge in [0.15, 0.2) is 5.82 Å². The minimum atomic E-state index is 0.0327. The molecule has 90 valence electrons. The third-order valence-electron chi connectivity index (χ3n) is 1.97. The van der Waals surface area contributed by atoms with Crippen LogP contribution in [0, 0.1) is 6.92 Å². The maximum absolute atomic E-state index is 5.61. The van der Waals surface area contributed by atoms with Gasteiger partial charge in [-0.05, 0) is 20.8 Å². The number of nitrogen functional groups attached to an aromatic ring is 1. The monoisotopic (exact) mass is 225 g/mol. The summed E-state index contributed by atoms with van der Waals surface area (Å²) in [6.45, 7) is 7.43. The Morgan fingerprint density at radius 2 is 2.19 bits per heavy atom. The third kappa shape index (κ3) is 4.55. The van der Waals surface area contributed by atoms with Crippen LogP contribution >= 0.6 is 0 Å². The molecule has 5 heteroatoms. The molecule has 1 unspecified atom stereocenters. The SMILES string of the molecule is CCOCC(C)OCc1nc(C)cc(N)n1.